The highest BCUT2D eigenvalue weighted by Crippen LogP contribution is 2.47. The Morgan fingerprint density at radius 2 is 1.09 bits per heavy atom. The Kier molecular flexibility index (Phi) is 6.90. The normalized spacial score (nSPS) is 11.8. The molecule has 0 aliphatic heterocycles. The van der Waals surface area contributed by atoms with Crippen LogP contribution in [0.25, 0.3) is 65.0 Å². The molecule has 0 radical (unpaired) electrons. The fourth-order valence-corrected chi connectivity index (χ4v) is 8.97. The number of para-hydroxylation sites is 2. The maximum Gasteiger partial charge on any atom is 0.242 e. The minimum Gasteiger partial charge on any atom is -0.454 e. The van der Waals surface area contributed by atoms with Crippen molar-refractivity contribution in [1.82, 2.24) is 0 Å². The van der Waals surface area contributed by atoms with Crippen molar-refractivity contribution >= 4 is 105 Å². The van der Waals surface area contributed by atoms with E-state index in [0.717, 1.165) is 39.0 Å². The van der Waals surface area contributed by atoms with Crippen LogP contribution in [0.2, 0.25) is 0 Å². The Morgan fingerprint density at radius 1 is 0.426 bits per heavy atom. The van der Waals surface area contributed by atoms with Crippen molar-refractivity contribution in [3.05, 3.63) is 194 Å². The lowest BCUT2D eigenvalue weighted by molar-refractivity contribution is 0.669. The monoisotopic (exact) mass is 687 g/mol. The lowest BCUT2D eigenvalue weighted by Crippen LogP contribution is -2.53. The smallest absolute Gasteiger partial charge is 0.242 e. The van der Waals surface area contributed by atoms with E-state index in [1.165, 1.54) is 65.0 Å². The van der Waals surface area contributed by atoms with E-state index in [9.17, 15) is 0 Å². The minimum absolute atomic E-state index is 0.0937. The maximum atomic E-state index is 6.71. The van der Waals surface area contributed by atoms with E-state index in [-0.39, 0.29) is 6.71 Å². The number of aryl methyl sites for hydroxylation is 1. The summed E-state index contributed by atoms with van der Waals surface area (Å²) in [6.07, 6.45) is 0. The van der Waals surface area contributed by atoms with Crippen molar-refractivity contribution in [2.45, 2.75) is 6.92 Å². The number of fused-ring (bicyclic) bond motifs is 4. The molecule has 10 aromatic carbocycles. The summed E-state index contributed by atoms with van der Waals surface area (Å²) in [5.74, 6) is 0. The maximum absolute atomic E-state index is 6.71. The molecule has 1 aromatic heterocycles. The Balaban J connectivity index is 1.21. The van der Waals surface area contributed by atoms with Crippen molar-refractivity contribution in [3.63, 3.8) is 0 Å². The summed E-state index contributed by atoms with van der Waals surface area (Å²) in [6, 6.07) is 68.6. The van der Waals surface area contributed by atoms with E-state index >= 15 is 0 Å². The molecule has 0 bridgehead atoms. The van der Waals surface area contributed by atoms with Crippen LogP contribution in [0.4, 0.5) is 17.1 Å². The second kappa shape index (κ2) is 12.1. The molecule has 0 fully saturated rings. The highest BCUT2D eigenvalue weighted by Gasteiger charge is 2.27. The number of benzene rings is 10. The molecule has 0 atom stereocenters. The van der Waals surface area contributed by atoms with Crippen molar-refractivity contribution in [2.75, 3.05) is 4.90 Å². The first kappa shape index (κ1) is 30.8. The van der Waals surface area contributed by atoms with Crippen LogP contribution in [0, 0.1) is 6.92 Å². The van der Waals surface area contributed by atoms with Crippen molar-refractivity contribution in [2.24, 2.45) is 0 Å². The standard InChI is InChI=1S/C51H34BNO/c1-33-12-5-9-19-44(33)52(38-15-3-2-4-16-38)45-30-25-35-24-29-43-46(31-26-36-23-28-42(45)49(35)50(36)43)53(39-27-22-34-13-6-7-14-37(34)32-39)47-20-11-18-41-40-17-8-10-21-48(40)54-51(41)47/h2-32H,1H3. The highest BCUT2D eigenvalue weighted by atomic mass is 16.3. The van der Waals surface area contributed by atoms with Gasteiger partial charge in [0.2, 0.25) is 6.71 Å². The summed E-state index contributed by atoms with van der Waals surface area (Å²) >= 11 is 0. The van der Waals surface area contributed by atoms with Gasteiger partial charge in [0.25, 0.3) is 0 Å². The molecular weight excluding hydrogens is 653 g/mol. The van der Waals surface area contributed by atoms with E-state index in [2.05, 4.69) is 194 Å². The van der Waals surface area contributed by atoms with E-state index < -0.39 is 0 Å². The number of nitrogens with zero attached hydrogens (tertiary/aromatic N) is 1. The van der Waals surface area contributed by atoms with Gasteiger partial charge in [0, 0.05) is 21.8 Å². The lowest BCUT2D eigenvalue weighted by atomic mass is 9.35. The molecule has 1 heterocycles. The van der Waals surface area contributed by atoms with Gasteiger partial charge in [-0.3, -0.25) is 0 Å². The number of furan rings is 1. The molecule has 0 unspecified atom stereocenters. The van der Waals surface area contributed by atoms with Crippen LogP contribution in [0.15, 0.2) is 192 Å². The molecule has 0 saturated carbocycles. The fourth-order valence-electron chi connectivity index (χ4n) is 8.97. The Hall–Kier alpha value is -6.84. The Bertz CT molecular complexity index is 3200. The SMILES string of the molecule is Cc1ccccc1B(c1ccccc1)c1ccc2ccc3c(N(c4ccc5ccccc5c4)c4cccc5c4oc4ccccc45)ccc4ccc1c2c43. The van der Waals surface area contributed by atoms with E-state index in [4.69, 9.17) is 4.42 Å². The Morgan fingerprint density at radius 3 is 1.96 bits per heavy atom. The summed E-state index contributed by atoms with van der Waals surface area (Å²) in [6.45, 7) is 2.33. The molecule has 252 valence electrons. The minimum atomic E-state index is 0.0937. The Labute approximate surface area is 313 Å². The fraction of sp³-hybridized carbons (Fsp3) is 0.0196. The number of anilines is 3. The molecule has 54 heavy (non-hydrogen) atoms. The predicted molar refractivity (Wildman–Crippen MR) is 232 cm³/mol. The third-order valence-corrected chi connectivity index (χ3v) is 11.5. The zero-order chi connectivity index (χ0) is 35.8. The summed E-state index contributed by atoms with van der Waals surface area (Å²) in [5.41, 5.74) is 10.2. The van der Waals surface area contributed by atoms with Crippen LogP contribution in [-0.2, 0) is 0 Å². The van der Waals surface area contributed by atoms with E-state index in [1.54, 1.807) is 0 Å². The van der Waals surface area contributed by atoms with Gasteiger partial charge in [0.15, 0.2) is 5.58 Å². The molecule has 3 heteroatoms. The van der Waals surface area contributed by atoms with Crippen LogP contribution in [-0.4, -0.2) is 6.71 Å². The molecule has 0 spiro atoms. The second-order valence-corrected chi connectivity index (χ2v) is 14.5. The quantitative estimate of drug-likeness (QED) is 0.128. The first-order valence-electron chi connectivity index (χ1n) is 18.7. The summed E-state index contributed by atoms with van der Waals surface area (Å²) in [4.78, 5) is 2.41. The van der Waals surface area contributed by atoms with Crippen molar-refractivity contribution in [1.29, 1.82) is 0 Å². The van der Waals surface area contributed by atoms with Crippen LogP contribution in [0.5, 0.6) is 0 Å². The molecule has 0 N–H and O–H groups in total. The van der Waals surface area contributed by atoms with Crippen LogP contribution in [0.1, 0.15) is 5.56 Å². The summed E-state index contributed by atoms with van der Waals surface area (Å²) in [7, 11) is 0. The van der Waals surface area contributed by atoms with Crippen molar-refractivity contribution in [3.8, 4) is 0 Å². The van der Waals surface area contributed by atoms with Gasteiger partial charge in [-0.05, 0) is 75.0 Å². The van der Waals surface area contributed by atoms with Gasteiger partial charge in [0.05, 0.1) is 11.4 Å². The van der Waals surface area contributed by atoms with Gasteiger partial charge in [-0.1, -0.05) is 180 Å². The van der Waals surface area contributed by atoms with Gasteiger partial charge < -0.3 is 9.32 Å². The average molecular weight is 688 g/mol. The summed E-state index contributed by atoms with van der Waals surface area (Å²) in [5, 5.41) is 12.2. The molecule has 0 aliphatic rings. The lowest BCUT2D eigenvalue weighted by Gasteiger charge is -2.28. The third-order valence-electron chi connectivity index (χ3n) is 11.5. The zero-order valence-corrected chi connectivity index (χ0v) is 29.8. The van der Waals surface area contributed by atoms with Crippen molar-refractivity contribution < 1.29 is 4.42 Å². The third kappa shape index (κ3) is 4.68. The number of hydrogen-bond acceptors (Lipinski definition) is 2. The van der Waals surface area contributed by atoms with E-state index in [0.29, 0.717) is 0 Å². The highest BCUT2D eigenvalue weighted by molar-refractivity contribution is 6.97. The van der Waals surface area contributed by atoms with Gasteiger partial charge in [-0.25, -0.2) is 0 Å². The topological polar surface area (TPSA) is 16.4 Å². The van der Waals surface area contributed by atoms with Gasteiger partial charge in [-0.15, -0.1) is 0 Å². The molecule has 2 nitrogen and oxygen atoms in total. The average Bonchev–Trinajstić information content (AvgIpc) is 3.61. The summed E-state index contributed by atoms with van der Waals surface area (Å²) < 4.78 is 6.71. The van der Waals surface area contributed by atoms with Gasteiger partial charge in [0.1, 0.15) is 5.58 Å². The predicted octanol–water partition coefficient (Wildman–Crippen LogP) is 11.9. The molecule has 11 rings (SSSR count). The number of rotatable bonds is 6. The first-order valence-corrected chi connectivity index (χ1v) is 18.7. The largest absolute Gasteiger partial charge is 0.454 e. The van der Waals surface area contributed by atoms with Gasteiger partial charge >= 0.3 is 0 Å². The molecule has 0 aliphatic carbocycles. The molecule has 11 aromatic rings. The second-order valence-electron chi connectivity index (χ2n) is 14.5. The molecule has 0 saturated heterocycles. The molecular formula is C51H34BNO. The van der Waals surface area contributed by atoms with Gasteiger partial charge in [-0.2, -0.15) is 0 Å². The van der Waals surface area contributed by atoms with E-state index in [1.807, 2.05) is 6.07 Å². The molecule has 0 amide bonds. The number of hydrogen-bond donors (Lipinski definition) is 0. The van der Waals surface area contributed by atoms with Crippen LogP contribution >= 0.6 is 0 Å². The van der Waals surface area contributed by atoms with Crippen LogP contribution < -0.4 is 21.3 Å². The first-order chi connectivity index (χ1) is 26.7. The van der Waals surface area contributed by atoms with Crippen LogP contribution in [0.3, 0.4) is 0 Å². The zero-order valence-electron chi connectivity index (χ0n) is 29.8.